The molecule has 0 saturated carbocycles. The Hall–Kier alpha value is -3.77. The number of hydrogen-bond donors (Lipinski definition) is 0. The van der Waals surface area contributed by atoms with E-state index in [1.165, 1.54) is 0 Å². The van der Waals surface area contributed by atoms with E-state index in [0.717, 1.165) is 17.5 Å². The summed E-state index contributed by atoms with van der Waals surface area (Å²) in [6.07, 6.45) is 1.55. The van der Waals surface area contributed by atoms with Crippen LogP contribution in [0.5, 0.6) is 11.5 Å². The highest BCUT2D eigenvalue weighted by Crippen LogP contribution is 2.41. The molecule has 6 nitrogen and oxygen atoms in total. The highest BCUT2D eigenvalue weighted by Gasteiger charge is 2.42. The Morgan fingerprint density at radius 3 is 2.53 bits per heavy atom. The zero-order chi connectivity index (χ0) is 26.8. The molecule has 0 radical (unpaired) electrons. The third kappa shape index (κ3) is 5.01. The van der Waals surface area contributed by atoms with Crippen LogP contribution < -0.4 is 14.9 Å². The Kier molecular flexibility index (Phi) is 7.43. The molecule has 0 bridgehead atoms. The van der Waals surface area contributed by atoms with Crippen molar-refractivity contribution in [2.45, 2.75) is 32.7 Å². The number of ether oxygens (including phenoxy) is 2. The fraction of sp³-hybridized carbons (Fsp3) is 0.290. The van der Waals surface area contributed by atoms with E-state index in [-0.39, 0.29) is 17.1 Å². The van der Waals surface area contributed by atoms with Gasteiger partial charge in [-0.15, -0.1) is 0 Å². The number of carbonyl (C=O) groups excluding carboxylic acids is 1. The lowest BCUT2D eigenvalue weighted by Crippen LogP contribution is -2.31. The predicted octanol–water partition coefficient (Wildman–Crippen LogP) is 6.67. The first-order chi connectivity index (χ1) is 18.4. The van der Waals surface area contributed by atoms with Crippen LogP contribution in [0, 0.1) is 5.92 Å². The van der Waals surface area contributed by atoms with E-state index in [4.69, 9.17) is 25.5 Å². The quantitative estimate of drug-likeness (QED) is 0.241. The predicted molar refractivity (Wildman–Crippen MR) is 148 cm³/mol. The van der Waals surface area contributed by atoms with Gasteiger partial charge in [-0.2, -0.15) is 0 Å². The molecule has 0 N–H and O–H groups in total. The zero-order valence-electron chi connectivity index (χ0n) is 21.7. The van der Waals surface area contributed by atoms with Crippen molar-refractivity contribution in [3.63, 3.8) is 0 Å². The molecule has 196 valence electrons. The van der Waals surface area contributed by atoms with Crippen molar-refractivity contribution in [1.29, 1.82) is 0 Å². The normalized spacial score (nSPS) is 14.8. The van der Waals surface area contributed by atoms with Gasteiger partial charge in [-0.1, -0.05) is 61.8 Å². The van der Waals surface area contributed by atoms with Gasteiger partial charge in [0.25, 0.3) is 5.91 Å². The van der Waals surface area contributed by atoms with E-state index in [1.54, 1.807) is 30.2 Å². The first-order valence-corrected chi connectivity index (χ1v) is 13.2. The molecule has 1 amide bonds. The maximum Gasteiger partial charge on any atom is 0.290 e. The monoisotopic (exact) mass is 531 g/mol. The molecule has 1 aromatic heterocycles. The van der Waals surface area contributed by atoms with Gasteiger partial charge in [-0.3, -0.25) is 9.59 Å². The van der Waals surface area contributed by atoms with Crippen molar-refractivity contribution in [3.8, 4) is 11.5 Å². The third-order valence-corrected chi connectivity index (χ3v) is 7.10. The largest absolute Gasteiger partial charge is 0.493 e. The van der Waals surface area contributed by atoms with Crippen LogP contribution in [-0.2, 0) is 6.42 Å². The fourth-order valence-corrected chi connectivity index (χ4v) is 5.01. The molecule has 38 heavy (non-hydrogen) atoms. The molecular formula is C31H30ClNO5. The molecule has 1 atom stereocenters. The molecule has 1 aliphatic rings. The second-order valence-corrected chi connectivity index (χ2v) is 10.3. The van der Waals surface area contributed by atoms with Gasteiger partial charge in [0.15, 0.2) is 16.9 Å². The summed E-state index contributed by atoms with van der Waals surface area (Å²) in [6.45, 7) is 5.26. The summed E-state index contributed by atoms with van der Waals surface area (Å²) in [5.41, 5.74) is 2.22. The summed E-state index contributed by atoms with van der Waals surface area (Å²) in [5, 5.41) is 0.774. The van der Waals surface area contributed by atoms with E-state index in [0.29, 0.717) is 58.5 Å². The highest BCUT2D eigenvalue weighted by atomic mass is 35.5. The lowest BCUT2D eigenvalue weighted by molar-refractivity contribution is 0.0730. The van der Waals surface area contributed by atoms with Crippen LogP contribution in [0.25, 0.3) is 11.0 Å². The van der Waals surface area contributed by atoms with Crippen molar-refractivity contribution in [1.82, 2.24) is 4.90 Å². The van der Waals surface area contributed by atoms with Crippen LogP contribution in [0.1, 0.15) is 53.6 Å². The fourth-order valence-electron chi connectivity index (χ4n) is 4.84. The summed E-state index contributed by atoms with van der Waals surface area (Å²) in [7, 11) is 1.58. The van der Waals surface area contributed by atoms with Crippen molar-refractivity contribution < 1.29 is 18.7 Å². The number of nitrogens with zero attached hydrogens (tertiary/aromatic N) is 1. The van der Waals surface area contributed by atoms with Crippen LogP contribution >= 0.6 is 11.6 Å². The zero-order valence-corrected chi connectivity index (χ0v) is 22.5. The molecule has 4 aromatic rings. The third-order valence-electron chi connectivity index (χ3n) is 6.87. The Morgan fingerprint density at radius 1 is 1.00 bits per heavy atom. The number of carbonyl (C=O) groups is 1. The minimum Gasteiger partial charge on any atom is -0.493 e. The van der Waals surface area contributed by atoms with Crippen LogP contribution in [-0.4, -0.2) is 31.1 Å². The van der Waals surface area contributed by atoms with Gasteiger partial charge < -0.3 is 18.8 Å². The summed E-state index contributed by atoms with van der Waals surface area (Å²) < 4.78 is 17.7. The van der Waals surface area contributed by atoms with Gasteiger partial charge in [-0.05, 0) is 60.2 Å². The molecular weight excluding hydrogens is 502 g/mol. The number of benzene rings is 3. The number of amides is 1. The number of hydrogen-bond acceptors (Lipinski definition) is 5. The smallest absolute Gasteiger partial charge is 0.290 e. The molecule has 2 heterocycles. The minimum absolute atomic E-state index is 0.0686. The Labute approximate surface area is 226 Å². The first kappa shape index (κ1) is 25.9. The first-order valence-electron chi connectivity index (χ1n) is 12.8. The van der Waals surface area contributed by atoms with E-state index in [2.05, 4.69) is 13.8 Å². The average molecular weight is 532 g/mol. The van der Waals surface area contributed by atoms with E-state index >= 15 is 0 Å². The summed E-state index contributed by atoms with van der Waals surface area (Å²) in [4.78, 5) is 29.2. The molecule has 7 heteroatoms. The number of halogens is 1. The minimum atomic E-state index is -0.639. The van der Waals surface area contributed by atoms with Gasteiger partial charge in [0, 0.05) is 11.6 Å². The van der Waals surface area contributed by atoms with Crippen molar-refractivity contribution in [2.24, 2.45) is 5.92 Å². The molecule has 1 unspecified atom stereocenters. The average Bonchev–Trinajstić information content (AvgIpc) is 3.20. The second kappa shape index (κ2) is 10.9. The highest BCUT2D eigenvalue weighted by molar-refractivity contribution is 6.31. The number of rotatable bonds is 9. The van der Waals surface area contributed by atoms with Gasteiger partial charge in [-0.25, -0.2) is 0 Å². The van der Waals surface area contributed by atoms with Crippen LogP contribution in [0.3, 0.4) is 0 Å². The Balaban J connectivity index is 1.59. The van der Waals surface area contributed by atoms with Crippen molar-refractivity contribution in [3.05, 3.63) is 104 Å². The molecule has 1 aliphatic heterocycles. The van der Waals surface area contributed by atoms with Gasteiger partial charge >= 0.3 is 0 Å². The summed E-state index contributed by atoms with van der Waals surface area (Å²) >= 11 is 6.20. The maximum absolute atomic E-state index is 13.8. The van der Waals surface area contributed by atoms with E-state index in [1.807, 2.05) is 48.5 Å². The number of methoxy groups -OCH3 is 1. The maximum atomic E-state index is 13.8. The Bertz CT molecular complexity index is 1530. The van der Waals surface area contributed by atoms with E-state index < -0.39 is 6.04 Å². The molecule has 3 aromatic carbocycles. The van der Waals surface area contributed by atoms with Crippen LogP contribution in [0.15, 0.2) is 75.9 Å². The Morgan fingerprint density at radius 2 is 1.79 bits per heavy atom. The van der Waals surface area contributed by atoms with Crippen LogP contribution in [0.4, 0.5) is 0 Å². The van der Waals surface area contributed by atoms with Gasteiger partial charge in [0.2, 0.25) is 5.76 Å². The lowest BCUT2D eigenvalue weighted by Gasteiger charge is -2.26. The van der Waals surface area contributed by atoms with Crippen molar-refractivity contribution in [2.75, 3.05) is 20.3 Å². The van der Waals surface area contributed by atoms with Crippen LogP contribution in [0.2, 0.25) is 5.02 Å². The summed E-state index contributed by atoms with van der Waals surface area (Å²) in [6, 6.07) is 19.7. The van der Waals surface area contributed by atoms with Gasteiger partial charge in [0.05, 0.1) is 30.7 Å². The van der Waals surface area contributed by atoms with Gasteiger partial charge in [0.1, 0.15) is 5.58 Å². The molecule has 0 spiro atoms. The van der Waals surface area contributed by atoms with E-state index in [9.17, 15) is 9.59 Å². The lowest BCUT2D eigenvalue weighted by atomic mass is 9.97. The molecule has 0 aliphatic carbocycles. The molecule has 5 rings (SSSR count). The van der Waals surface area contributed by atoms with Crippen molar-refractivity contribution >= 4 is 28.5 Å². The molecule has 0 fully saturated rings. The second-order valence-electron chi connectivity index (χ2n) is 9.89. The topological polar surface area (TPSA) is 69.0 Å². The molecule has 0 saturated heterocycles. The number of fused-ring (bicyclic) bond motifs is 2. The SMILES string of the molecule is COc1cc(C2c3c(oc4ccc(Cl)cc4c3=O)C(=O)N2CCc2ccccc2)ccc1OCCC(C)C. The standard InChI is InChI=1S/C31H30ClNO5/c1-19(2)14-16-37-25-11-9-21(17-26(25)36-3)28-27-29(34)23-18-22(32)10-12-24(23)38-30(27)31(35)33(28)15-13-20-7-5-4-6-8-20/h4-12,17-19,28H,13-16H2,1-3H3. The summed E-state index contributed by atoms with van der Waals surface area (Å²) in [5.74, 6) is 1.44.